The number of ether oxygens (including phenoxy) is 3. The third-order valence-corrected chi connectivity index (χ3v) is 19.2. The molecular formula is C87H150O16P2. The number of phosphoric ester groups is 2. The average molecular weight is 1510 g/mol. The molecule has 5 unspecified atom stereocenters. The highest BCUT2D eigenvalue weighted by atomic mass is 31.2. The molecule has 0 amide bonds. The van der Waals surface area contributed by atoms with E-state index >= 15 is 0 Å². The van der Waals surface area contributed by atoms with E-state index in [-0.39, 0.29) is 19.3 Å². The fourth-order valence-electron chi connectivity index (χ4n) is 11.0. The summed E-state index contributed by atoms with van der Waals surface area (Å²) in [5, 5.41) is 20.7. The molecular weight excluding hydrogens is 1360 g/mol. The summed E-state index contributed by atoms with van der Waals surface area (Å²) in [5.41, 5.74) is 0. The molecule has 0 rings (SSSR count). The Morgan fingerprint density at radius 2 is 0.505 bits per heavy atom. The van der Waals surface area contributed by atoms with Crippen LogP contribution < -0.4 is 0 Å². The molecule has 0 aromatic heterocycles. The predicted octanol–water partition coefficient (Wildman–Crippen LogP) is 24.7. The fourth-order valence-corrected chi connectivity index (χ4v) is 12.6. The van der Waals surface area contributed by atoms with E-state index in [4.69, 9.17) is 32.3 Å². The first-order chi connectivity index (χ1) is 51.2. The summed E-state index contributed by atoms with van der Waals surface area (Å²) >= 11 is 0. The minimum atomic E-state index is -4.94. The van der Waals surface area contributed by atoms with Crippen molar-refractivity contribution in [3.63, 3.8) is 0 Å². The van der Waals surface area contributed by atoms with Crippen LogP contribution >= 0.6 is 15.6 Å². The van der Waals surface area contributed by atoms with Crippen molar-refractivity contribution in [2.45, 2.75) is 360 Å². The van der Waals surface area contributed by atoms with E-state index in [1.54, 1.807) is 0 Å². The van der Waals surface area contributed by atoms with Gasteiger partial charge in [0.2, 0.25) is 0 Å². The first-order valence-corrected chi connectivity index (χ1v) is 44.5. The van der Waals surface area contributed by atoms with Gasteiger partial charge in [-0.1, -0.05) is 315 Å². The van der Waals surface area contributed by atoms with Gasteiger partial charge in [-0.25, -0.2) is 9.13 Å². The molecule has 604 valence electrons. The van der Waals surface area contributed by atoms with Crippen LogP contribution in [0.5, 0.6) is 0 Å². The van der Waals surface area contributed by atoms with Gasteiger partial charge < -0.3 is 34.2 Å². The second-order valence-electron chi connectivity index (χ2n) is 27.5. The van der Waals surface area contributed by atoms with Gasteiger partial charge in [0, 0.05) is 19.3 Å². The van der Waals surface area contributed by atoms with Crippen molar-refractivity contribution >= 4 is 33.6 Å². The second-order valence-corrected chi connectivity index (χ2v) is 30.4. The van der Waals surface area contributed by atoms with Crippen LogP contribution in [0.1, 0.15) is 342 Å². The zero-order valence-electron chi connectivity index (χ0n) is 66.1. The number of phosphoric acid groups is 2. The number of allylic oxidation sites excluding steroid dienone is 22. The predicted molar refractivity (Wildman–Crippen MR) is 436 cm³/mol. The Morgan fingerprint density at radius 3 is 0.800 bits per heavy atom. The van der Waals surface area contributed by atoms with Crippen molar-refractivity contribution in [2.75, 3.05) is 39.6 Å². The molecule has 0 radical (unpaired) electrons. The summed E-state index contributed by atoms with van der Waals surface area (Å²) in [4.78, 5) is 58.8. The van der Waals surface area contributed by atoms with Crippen molar-refractivity contribution in [2.24, 2.45) is 0 Å². The molecule has 4 N–H and O–H groups in total. The largest absolute Gasteiger partial charge is 0.472 e. The van der Waals surface area contributed by atoms with Gasteiger partial charge in [-0.3, -0.25) is 32.5 Å². The summed E-state index contributed by atoms with van der Waals surface area (Å²) in [5.74, 6) is -1.59. The van der Waals surface area contributed by atoms with Gasteiger partial charge in [0.15, 0.2) is 6.10 Å². The molecule has 16 nitrogen and oxygen atoms in total. The maximum Gasteiger partial charge on any atom is 0.472 e. The van der Waals surface area contributed by atoms with Gasteiger partial charge >= 0.3 is 33.6 Å². The van der Waals surface area contributed by atoms with Crippen molar-refractivity contribution in [1.29, 1.82) is 0 Å². The average Bonchev–Trinajstić information content (AvgIpc) is 0.913. The van der Waals surface area contributed by atoms with Crippen LogP contribution in [0.4, 0.5) is 0 Å². The highest BCUT2D eigenvalue weighted by Gasteiger charge is 2.29. The standard InChI is InChI=1S/C87H150O16P2/c1-4-7-10-13-16-19-22-25-28-31-33-35-37-39-40-42-44-45-47-50-52-55-58-61-64-67-70-73-85(90)97-76-82(88)77-99-104(93,94)100-78-83(89)79-101-105(95,96)102-81-84(103-87(92)75-72-69-66-63-60-57-54-49-30-27-24-21-18-15-12-9-6-3)80-98-86(91)74-71-68-65-62-59-56-53-51-48-46-43-41-38-36-34-32-29-26-23-20-17-14-11-8-5-2/h9,12,16-21,25-30,33-36,39-41,43,82-84,88-89H,4-8,10-11,13-15,22-24,31-32,37-38,42,44-81H2,1-3H3,(H,93,94)(H,95,96)/b12-9-,19-16-,20-17-,21-18-,28-25-,29-26-,30-27-,35-33-,36-34-,40-39-,43-41-. The quantitative estimate of drug-likeness (QED) is 0.0146. The molecule has 0 aliphatic heterocycles. The van der Waals surface area contributed by atoms with Crippen LogP contribution in [0.25, 0.3) is 0 Å². The van der Waals surface area contributed by atoms with E-state index in [1.165, 1.54) is 122 Å². The Labute approximate surface area is 639 Å². The van der Waals surface area contributed by atoms with Gasteiger partial charge in [-0.05, 0) is 141 Å². The first kappa shape index (κ1) is 101. The van der Waals surface area contributed by atoms with Crippen LogP contribution in [0.2, 0.25) is 0 Å². The topological polar surface area (TPSA) is 231 Å². The number of esters is 3. The Bertz CT molecular complexity index is 2440. The van der Waals surface area contributed by atoms with Crippen LogP contribution in [-0.4, -0.2) is 95.9 Å². The van der Waals surface area contributed by atoms with Gasteiger partial charge in [-0.2, -0.15) is 0 Å². The Balaban J connectivity index is 4.60. The zero-order chi connectivity index (χ0) is 76.6. The monoisotopic (exact) mass is 1510 g/mol. The smallest absolute Gasteiger partial charge is 0.463 e. The third-order valence-electron chi connectivity index (χ3n) is 17.3. The van der Waals surface area contributed by atoms with Gasteiger partial charge in [0.05, 0.1) is 26.4 Å². The van der Waals surface area contributed by atoms with Crippen molar-refractivity contribution < 1.29 is 75.8 Å². The van der Waals surface area contributed by atoms with E-state index in [0.29, 0.717) is 19.3 Å². The molecule has 5 atom stereocenters. The number of unbranched alkanes of at least 4 members (excludes halogenated alkanes) is 33. The second kappa shape index (κ2) is 79.2. The fraction of sp³-hybridized carbons (Fsp3) is 0.713. The molecule has 0 saturated carbocycles. The maximum absolute atomic E-state index is 13.0. The highest BCUT2D eigenvalue weighted by Crippen LogP contribution is 2.45. The summed E-state index contributed by atoms with van der Waals surface area (Å²) in [6, 6.07) is 0. The Kier molecular flexibility index (Phi) is 76.0. The number of carbonyl (C=O) groups excluding carboxylic acids is 3. The minimum Gasteiger partial charge on any atom is -0.463 e. The lowest BCUT2D eigenvalue weighted by atomic mass is 10.0. The Hall–Kier alpha value is -4.31. The molecule has 0 bridgehead atoms. The molecule has 105 heavy (non-hydrogen) atoms. The SMILES string of the molecule is CC/C=C\C/C=C\C/C=C\CCCCCCCCCC(=O)OC(COC(=O)CCCCCCCCCCC/C=C\C/C=C\C/C=C\C/C=C\CCCCC)COP(=O)(O)OCC(O)COP(=O)(O)OCC(O)COC(=O)CCCCCCCCCCCCC/C=C\C/C=C\C/C=C\C/C=C\CCCCC. The Morgan fingerprint density at radius 1 is 0.276 bits per heavy atom. The van der Waals surface area contributed by atoms with E-state index in [1.807, 2.05) is 0 Å². The van der Waals surface area contributed by atoms with Crippen LogP contribution in [-0.2, 0) is 55.8 Å². The van der Waals surface area contributed by atoms with E-state index in [0.717, 1.165) is 161 Å². The van der Waals surface area contributed by atoms with E-state index in [2.05, 4.69) is 154 Å². The van der Waals surface area contributed by atoms with Crippen LogP contribution in [0.15, 0.2) is 134 Å². The maximum atomic E-state index is 13.0. The van der Waals surface area contributed by atoms with Crippen molar-refractivity contribution in [1.82, 2.24) is 0 Å². The number of aliphatic hydroxyl groups excluding tert-OH is 2. The van der Waals surface area contributed by atoms with Gasteiger partial charge in [0.25, 0.3) is 0 Å². The lowest BCUT2D eigenvalue weighted by Crippen LogP contribution is -2.30. The highest BCUT2D eigenvalue weighted by molar-refractivity contribution is 7.47. The van der Waals surface area contributed by atoms with Crippen LogP contribution in [0, 0.1) is 0 Å². The molecule has 0 aromatic rings. The number of rotatable bonds is 78. The van der Waals surface area contributed by atoms with E-state index < -0.39 is 91.5 Å². The number of carbonyl (C=O) groups is 3. The molecule has 0 heterocycles. The zero-order valence-corrected chi connectivity index (χ0v) is 67.9. The first-order valence-electron chi connectivity index (χ1n) is 41.5. The van der Waals surface area contributed by atoms with E-state index in [9.17, 15) is 43.5 Å². The van der Waals surface area contributed by atoms with Gasteiger partial charge in [-0.15, -0.1) is 0 Å². The van der Waals surface area contributed by atoms with Crippen LogP contribution in [0.3, 0.4) is 0 Å². The number of hydrogen-bond acceptors (Lipinski definition) is 14. The lowest BCUT2D eigenvalue weighted by molar-refractivity contribution is -0.161. The molecule has 0 aromatic carbocycles. The van der Waals surface area contributed by atoms with Crippen molar-refractivity contribution in [3.8, 4) is 0 Å². The minimum absolute atomic E-state index is 0.0892. The summed E-state index contributed by atoms with van der Waals surface area (Å²) in [6.45, 7) is 2.52. The molecule has 0 saturated heterocycles. The molecule has 0 aliphatic rings. The number of hydrogen-bond donors (Lipinski definition) is 4. The summed E-state index contributed by atoms with van der Waals surface area (Å²) < 4.78 is 61.3. The molecule has 18 heteroatoms. The molecule has 0 spiro atoms. The van der Waals surface area contributed by atoms with Crippen molar-refractivity contribution in [3.05, 3.63) is 134 Å². The number of aliphatic hydroxyl groups is 2. The third kappa shape index (κ3) is 80.5. The lowest BCUT2D eigenvalue weighted by Gasteiger charge is -2.21. The van der Waals surface area contributed by atoms with Gasteiger partial charge in [0.1, 0.15) is 25.4 Å². The molecule has 0 aliphatic carbocycles. The molecule has 0 fully saturated rings. The normalized spacial score (nSPS) is 14.6. The summed E-state index contributed by atoms with van der Waals surface area (Å²) in [7, 11) is -9.80. The summed E-state index contributed by atoms with van der Waals surface area (Å²) in [6.07, 6.45) is 96.3.